The molecule has 0 aromatic heterocycles. The molecule has 0 aliphatic heterocycles. The fraction of sp³-hybridized carbons (Fsp3) is 0.447. The number of phenols is 2. The van der Waals surface area contributed by atoms with Crippen LogP contribution in [0.1, 0.15) is 76.5 Å². The molecule has 20 heteroatoms. The van der Waals surface area contributed by atoms with Crippen LogP contribution in [0.3, 0.4) is 0 Å². The van der Waals surface area contributed by atoms with Crippen LogP contribution >= 0.6 is 0 Å². The van der Waals surface area contributed by atoms with Crippen molar-refractivity contribution in [2.45, 2.75) is 121 Å². The summed E-state index contributed by atoms with van der Waals surface area (Å²) in [5.74, 6) is -6.92. The van der Waals surface area contributed by atoms with Gasteiger partial charge in [-0.05, 0) is 73.1 Å². The van der Waals surface area contributed by atoms with Crippen LogP contribution in [0, 0.1) is 5.92 Å². The van der Waals surface area contributed by atoms with Gasteiger partial charge in [-0.2, -0.15) is 0 Å². The molecule has 3 aromatic rings. The highest BCUT2D eigenvalue weighted by Gasteiger charge is 2.35. The highest BCUT2D eigenvalue weighted by molar-refractivity contribution is 5.97. The number of nitrogens with zero attached hydrogens (tertiary/aromatic N) is 1. The van der Waals surface area contributed by atoms with Gasteiger partial charge >= 0.3 is 5.97 Å². The van der Waals surface area contributed by atoms with Crippen LogP contribution in [-0.2, 0) is 52.8 Å². The van der Waals surface area contributed by atoms with E-state index >= 15 is 0 Å². The van der Waals surface area contributed by atoms with Gasteiger partial charge in [0.25, 0.3) is 0 Å². The van der Waals surface area contributed by atoms with Crippen LogP contribution in [0.5, 0.6) is 11.5 Å². The van der Waals surface area contributed by atoms with Gasteiger partial charge in [-0.1, -0.05) is 81.8 Å². The first-order valence-electron chi connectivity index (χ1n) is 22.2. The highest BCUT2D eigenvalue weighted by Crippen LogP contribution is 2.16. The van der Waals surface area contributed by atoms with Gasteiger partial charge in [0.15, 0.2) is 5.96 Å². The topological polar surface area (TPSA) is 337 Å². The van der Waals surface area contributed by atoms with Gasteiger partial charge in [0, 0.05) is 32.2 Å². The SMILES string of the molecule is CCCC(=O)NC(Cc1ccccc1)C(=O)NC(C(=O)NC(Cc1ccc(O)cc1)C(=O)NC(CCCN=C(N)N)C(=O)NC(Cc1ccc(O)cc1)C(=O)NC(C(=O)O)C(C)CC)C(C)O. The second-order valence-corrected chi connectivity index (χ2v) is 16.4. The molecule has 0 saturated carbocycles. The largest absolute Gasteiger partial charge is 0.508 e. The fourth-order valence-electron chi connectivity index (χ4n) is 6.88. The Bertz CT molecular complexity index is 2130. The molecule has 8 unspecified atom stereocenters. The summed E-state index contributed by atoms with van der Waals surface area (Å²) in [5, 5.41) is 56.2. The standard InChI is InChI=1S/C47H65N9O11/c1-5-11-38(60)51-35(24-29-12-8-7-9-13-29)43(63)56-40(28(4)57)45(65)54-36(25-30-15-19-32(58)20-16-30)42(62)52-34(14-10-23-50-47(48)49)41(61)53-37(26-31-17-21-33(59)22-18-31)44(64)55-39(46(66)67)27(3)6-2/h7-9,12-13,15-22,27-28,34-37,39-40,57-59H,5-6,10-11,14,23-26H2,1-4H3,(H,51,60)(H,52,62)(H,53,61)(H,54,65)(H,55,64)(H,56,63)(H,66,67)(H4,48,49,50). The number of aromatic hydroxyl groups is 2. The van der Waals surface area contributed by atoms with Crippen LogP contribution in [0.4, 0.5) is 0 Å². The molecule has 3 aromatic carbocycles. The number of benzene rings is 3. The molecule has 14 N–H and O–H groups in total. The third-order valence-corrected chi connectivity index (χ3v) is 10.8. The monoisotopic (exact) mass is 931 g/mol. The Morgan fingerprint density at radius 2 is 1.01 bits per heavy atom. The number of nitrogens with two attached hydrogens (primary N) is 2. The smallest absolute Gasteiger partial charge is 0.326 e. The number of carboxylic acid groups (broad SMARTS) is 1. The molecule has 8 atom stereocenters. The van der Waals surface area contributed by atoms with Gasteiger partial charge in [0.1, 0.15) is 47.8 Å². The molecule has 20 nitrogen and oxygen atoms in total. The summed E-state index contributed by atoms with van der Waals surface area (Å²) in [4.78, 5) is 99.2. The van der Waals surface area contributed by atoms with E-state index in [-0.39, 0.29) is 62.5 Å². The average Bonchev–Trinajstić information content (AvgIpc) is 3.28. The zero-order chi connectivity index (χ0) is 49.6. The molecule has 3 rings (SSSR count). The molecule has 0 bridgehead atoms. The lowest BCUT2D eigenvalue weighted by atomic mass is 9.98. The minimum atomic E-state index is -1.65. The van der Waals surface area contributed by atoms with E-state index in [4.69, 9.17) is 11.5 Å². The van der Waals surface area contributed by atoms with Crippen molar-refractivity contribution < 1.29 is 54.0 Å². The first-order valence-corrected chi connectivity index (χ1v) is 22.2. The number of carbonyl (C=O) groups is 7. The van der Waals surface area contributed by atoms with Crippen LogP contribution in [-0.4, -0.2) is 117 Å². The minimum Gasteiger partial charge on any atom is -0.508 e. The molecule has 364 valence electrons. The van der Waals surface area contributed by atoms with Crippen LogP contribution < -0.4 is 43.4 Å². The number of rotatable bonds is 27. The second-order valence-electron chi connectivity index (χ2n) is 16.4. The van der Waals surface area contributed by atoms with E-state index < -0.39 is 89.7 Å². The number of phenolic OH excluding ortho intramolecular Hbond substituents is 2. The van der Waals surface area contributed by atoms with E-state index in [0.29, 0.717) is 29.5 Å². The number of amides is 6. The molecule has 6 amide bonds. The third-order valence-electron chi connectivity index (χ3n) is 10.8. The minimum absolute atomic E-state index is 0.0300. The number of aliphatic hydroxyl groups is 1. The van der Waals surface area contributed by atoms with Crippen molar-refractivity contribution >= 4 is 47.4 Å². The van der Waals surface area contributed by atoms with Crippen molar-refractivity contribution in [1.29, 1.82) is 0 Å². The second kappa shape index (κ2) is 27.3. The van der Waals surface area contributed by atoms with Gasteiger partial charge in [-0.3, -0.25) is 33.8 Å². The van der Waals surface area contributed by atoms with Gasteiger partial charge < -0.3 is 63.8 Å². The van der Waals surface area contributed by atoms with E-state index in [9.17, 15) is 54.0 Å². The van der Waals surface area contributed by atoms with E-state index in [1.807, 2.05) is 0 Å². The maximum Gasteiger partial charge on any atom is 0.326 e. The predicted octanol–water partition coefficient (Wildman–Crippen LogP) is 0.400. The number of nitrogens with one attached hydrogen (secondary N) is 6. The van der Waals surface area contributed by atoms with Crippen LogP contribution in [0.25, 0.3) is 0 Å². The Labute approximate surface area is 389 Å². The van der Waals surface area contributed by atoms with Crippen molar-refractivity contribution in [3.05, 3.63) is 95.6 Å². The molecule has 0 spiro atoms. The Morgan fingerprint density at radius 3 is 1.48 bits per heavy atom. The third kappa shape index (κ3) is 18.7. The molecule has 0 fully saturated rings. The molecule has 0 aliphatic rings. The summed E-state index contributed by atoms with van der Waals surface area (Å²) in [6, 6.07) is 12.0. The summed E-state index contributed by atoms with van der Waals surface area (Å²) in [6.45, 7) is 6.49. The van der Waals surface area contributed by atoms with E-state index in [0.717, 1.165) is 0 Å². The van der Waals surface area contributed by atoms with E-state index in [1.54, 1.807) is 51.1 Å². The van der Waals surface area contributed by atoms with Crippen molar-refractivity contribution in [3.8, 4) is 11.5 Å². The van der Waals surface area contributed by atoms with Crippen molar-refractivity contribution in [2.75, 3.05) is 6.54 Å². The molecule has 0 heterocycles. The number of hydrogen-bond acceptors (Lipinski definition) is 11. The summed E-state index contributed by atoms with van der Waals surface area (Å²) in [6.07, 6.45) is -0.752. The number of carboxylic acids is 1. The van der Waals surface area contributed by atoms with E-state index in [1.165, 1.54) is 55.5 Å². The molecular weight excluding hydrogens is 867 g/mol. The van der Waals surface area contributed by atoms with Gasteiger partial charge in [-0.15, -0.1) is 0 Å². The van der Waals surface area contributed by atoms with E-state index in [2.05, 4.69) is 36.9 Å². The highest BCUT2D eigenvalue weighted by atomic mass is 16.4. The molecular formula is C47H65N9O11. The summed E-state index contributed by atoms with van der Waals surface area (Å²) >= 11 is 0. The van der Waals surface area contributed by atoms with Crippen LogP contribution in [0.15, 0.2) is 83.9 Å². The van der Waals surface area contributed by atoms with Crippen molar-refractivity contribution in [1.82, 2.24) is 31.9 Å². The van der Waals surface area contributed by atoms with Crippen molar-refractivity contribution in [2.24, 2.45) is 22.4 Å². The zero-order valence-electron chi connectivity index (χ0n) is 38.2. The number of carbonyl (C=O) groups excluding carboxylic acids is 6. The normalized spacial score (nSPS) is 14.5. The molecule has 67 heavy (non-hydrogen) atoms. The summed E-state index contributed by atoms with van der Waals surface area (Å²) in [5.41, 5.74) is 12.7. The van der Waals surface area contributed by atoms with Gasteiger partial charge in [0.05, 0.1) is 6.10 Å². The number of aliphatic imine (C=N–C) groups is 1. The summed E-state index contributed by atoms with van der Waals surface area (Å²) < 4.78 is 0. The average molecular weight is 932 g/mol. The molecule has 0 saturated heterocycles. The molecule has 0 radical (unpaired) electrons. The first-order chi connectivity index (χ1) is 31.8. The Hall–Kier alpha value is -7.22. The quantitative estimate of drug-likeness (QED) is 0.0280. The lowest BCUT2D eigenvalue weighted by molar-refractivity contribution is -0.143. The number of guanidine groups is 1. The number of aliphatic hydroxyl groups excluding tert-OH is 1. The van der Waals surface area contributed by atoms with Crippen molar-refractivity contribution in [3.63, 3.8) is 0 Å². The molecule has 0 aliphatic carbocycles. The van der Waals surface area contributed by atoms with Gasteiger partial charge in [-0.25, -0.2) is 4.79 Å². The Morgan fingerprint density at radius 1 is 0.582 bits per heavy atom. The zero-order valence-corrected chi connectivity index (χ0v) is 38.2. The Balaban J connectivity index is 1.98. The lowest BCUT2D eigenvalue weighted by Crippen LogP contribution is -2.61. The number of hydrogen-bond donors (Lipinski definition) is 12. The first kappa shape index (κ1) is 54.1. The summed E-state index contributed by atoms with van der Waals surface area (Å²) in [7, 11) is 0. The Kier molecular flexibility index (Phi) is 22.1. The van der Waals surface area contributed by atoms with Crippen LogP contribution in [0.2, 0.25) is 0 Å². The fourth-order valence-corrected chi connectivity index (χ4v) is 6.88. The predicted molar refractivity (Wildman–Crippen MR) is 249 cm³/mol. The maximum atomic E-state index is 14.4. The van der Waals surface area contributed by atoms with Gasteiger partial charge in [0.2, 0.25) is 35.4 Å². The lowest BCUT2D eigenvalue weighted by Gasteiger charge is -2.28. The maximum absolute atomic E-state index is 14.4. The number of aliphatic carboxylic acids is 1.